The van der Waals surface area contributed by atoms with Crippen LogP contribution < -0.4 is 11.0 Å². The number of para-hydroxylation sites is 2. The molecule has 0 atom stereocenters. The molecule has 2 aromatic carbocycles. The number of aromatic nitrogens is 4. The summed E-state index contributed by atoms with van der Waals surface area (Å²) in [5.74, 6) is 0.749. The molecule has 0 saturated heterocycles. The maximum absolute atomic E-state index is 13.7. The highest BCUT2D eigenvalue weighted by Crippen LogP contribution is 2.28. The van der Waals surface area contributed by atoms with E-state index in [1.54, 1.807) is 36.2 Å². The summed E-state index contributed by atoms with van der Waals surface area (Å²) in [6.07, 6.45) is 8.27. The summed E-state index contributed by atoms with van der Waals surface area (Å²) in [6, 6.07) is 17.3. The maximum atomic E-state index is 13.7. The van der Waals surface area contributed by atoms with Gasteiger partial charge in [-0.25, -0.2) is 9.78 Å². The predicted molar refractivity (Wildman–Crippen MR) is 150 cm³/mol. The minimum atomic E-state index is -0.140. The van der Waals surface area contributed by atoms with Crippen LogP contribution in [0, 0.1) is 12.8 Å². The first kappa shape index (κ1) is 25.1. The van der Waals surface area contributed by atoms with Crippen LogP contribution in [0.25, 0.3) is 28.2 Å². The second kappa shape index (κ2) is 10.5. The number of benzene rings is 2. The number of aryl methyl sites for hydroxylation is 1. The van der Waals surface area contributed by atoms with E-state index < -0.39 is 0 Å². The molecule has 0 spiro atoms. The van der Waals surface area contributed by atoms with E-state index in [0.717, 1.165) is 48.0 Å². The number of hydrogen-bond acceptors (Lipinski definition) is 5. The standard InChI is InChI=1S/C30H28ClN5O3/c1-19-25(16-22(31)17-33-19)28(37)34-23-10-6-20(7-11-23)18-35-26-4-2-3-5-27(26)36(30(35)38)24-12-8-21(9-13-24)29-32-14-15-39-29/h2-5,8-9,12-17,20,23H,6-7,10-11,18H2,1H3,(H,34,37). The lowest BCUT2D eigenvalue weighted by Crippen LogP contribution is -2.39. The molecule has 1 N–H and O–H groups in total. The molecule has 0 aliphatic heterocycles. The molecule has 1 aliphatic rings. The van der Waals surface area contributed by atoms with E-state index in [1.807, 2.05) is 53.1 Å². The van der Waals surface area contributed by atoms with Crippen molar-refractivity contribution >= 4 is 28.5 Å². The van der Waals surface area contributed by atoms with Crippen LogP contribution in [0.15, 0.2) is 82.5 Å². The number of hydrogen-bond donors (Lipinski definition) is 1. The molecule has 0 bridgehead atoms. The van der Waals surface area contributed by atoms with Crippen LogP contribution >= 0.6 is 11.6 Å². The van der Waals surface area contributed by atoms with E-state index in [2.05, 4.69) is 15.3 Å². The van der Waals surface area contributed by atoms with E-state index in [0.29, 0.717) is 34.6 Å². The Labute approximate surface area is 230 Å². The summed E-state index contributed by atoms with van der Waals surface area (Å²) in [5.41, 5.74) is 4.55. The van der Waals surface area contributed by atoms with E-state index in [9.17, 15) is 9.59 Å². The number of halogens is 1. The Hall–Kier alpha value is -4.17. The molecule has 0 radical (unpaired) electrons. The highest BCUT2D eigenvalue weighted by Gasteiger charge is 2.25. The fourth-order valence-electron chi connectivity index (χ4n) is 5.50. The van der Waals surface area contributed by atoms with Gasteiger partial charge in [-0.2, -0.15) is 0 Å². The summed E-state index contributed by atoms with van der Waals surface area (Å²) < 4.78 is 9.05. The molecule has 6 rings (SSSR count). The van der Waals surface area contributed by atoms with Crippen LogP contribution in [-0.4, -0.2) is 31.1 Å². The van der Waals surface area contributed by atoms with Gasteiger partial charge >= 0.3 is 5.69 Å². The third-order valence-corrected chi connectivity index (χ3v) is 7.77. The zero-order chi connectivity index (χ0) is 26.9. The molecule has 1 saturated carbocycles. The van der Waals surface area contributed by atoms with Crippen LogP contribution in [0.5, 0.6) is 0 Å². The zero-order valence-electron chi connectivity index (χ0n) is 21.5. The third kappa shape index (κ3) is 5.00. The molecule has 1 fully saturated rings. The van der Waals surface area contributed by atoms with Crippen molar-refractivity contribution < 1.29 is 9.21 Å². The first-order valence-electron chi connectivity index (χ1n) is 13.1. The topological polar surface area (TPSA) is 95.0 Å². The quantitative estimate of drug-likeness (QED) is 0.293. The van der Waals surface area contributed by atoms with Gasteiger partial charge in [-0.15, -0.1) is 0 Å². The van der Waals surface area contributed by atoms with E-state index in [4.69, 9.17) is 16.0 Å². The van der Waals surface area contributed by atoms with Crippen LogP contribution in [0.3, 0.4) is 0 Å². The van der Waals surface area contributed by atoms with Crippen molar-refractivity contribution in [2.45, 2.75) is 45.2 Å². The monoisotopic (exact) mass is 541 g/mol. The molecule has 1 amide bonds. The lowest BCUT2D eigenvalue weighted by Gasteiger charge is -2.29. The molecule has 39 heavy (non-hydrogen) atoms. The van der Waals surface area contributed by atoms with Crippen LogP contribution in [-0.2, 0) is 6.54 Å². The highest BCUT2D eigenvalue weighted by molar-refractivity contribution is 6.30. The van der Waals surface area contributed by atoms with Crippen molar-refractivity contribution in [1.82, 2.24) is 24.4 Å². The fourth-order valence-corrected chi connectivity index (χ4v) is 5.66. The molecule has 8 nitrogen and oxygen atoms in total. The second-order valence-corrected chi connectivity index (χ2v) is 10.5. The fraction of sp³-hybridized carbons (Fsp3) is 0.267. The Morgan fingerprint density at radius 2 is 1.79 bits per heavy atom. The molecule has 5 aromatic rings. The van der Waals surface area contributed by atoms with Gasteiger partial charge in [0, 0.05) is 24.3 Å². The van der Waals surface area contributed by atoms with E-state index >= 15 is 0 Å². The van der Waals surface area contributed by atoms with Crippen molar-refractivity contribution in [1.29, 1.82) is 0 Å². The Morgan fingerprint density at radius 1 is 1.05 bits per heavy atom. The van der Waals surface area contributed by atoms with Gasteiger partial charge in [0.15, 0.2) is 0 Å². The van der Waals surface area contributed by atoms with Gasteiger partial charge in [0.25, 0.3) is 5.91 Å². The van der Waals surface area contributed by atoms with E-state index in [-0.39, 0.29) is 17.6 Å². The first-order chi connectivity index (χ1) is 19.0. The molecule has 3 aromatic heterocycles. The van der Waals surface area contributed by atoms with Crippen molar-refractivity contribution in [2.75, 3.05) is 0 Å². The lowest BCUT2D eigenvalue weighted by atomic mass is 9.85. The van der Waals surface area contributed by atoms with Crippen molar-refractivity contribution in [3.05, 3.63) is 100 Å². The Balaban J connectivity index is 1.18. The number of carbonyl (C=O) groups is 1. The van der Waals surface area contributed by atoms with Crippen LogP contribution in [0.2, 0.25) is 5.02 Å². The molecule has 3 heterocycles. The number of fused-ring (bicyclic) bond motifs is 1. The number of oxazole rings is 1. The van der Waals surface area contributed by atoms with Gasteiger partial charge in [0.2, 0.25) is 5.89 Å². The molecule has 1 aliphatic carbocycles. The smallest absolute Gasteiger partial charge is 0.333 e. The number of rotatable bonds is 6. The minimum absolute atomic E-state index is 0.0561. The van der Waals surface area contributed by atoms with Crippen LogP contribution in [0.1, 0.15) is 41.7 Å². The molecule has 198 valence electrons. The third-order valence-electron chi connectivity index (χ3n) is 7.56. The van der Waals surface area contributed by atoms with Crippen molar-refractivity contribution in [3.8, 4) is 17.1 Å². The normalized spacial score (nSPS) is 17.4. The van der Waals surface area contributed by atoms with Gasteiger partial charge in [-0.3, -0.25) is 18.9 Å². The number of imidazole rings is 1. The first-order valence-corrected chi connectivity index (χ1v) is 13.5. The predicted octanol–water partition coefficient (Wildman–Crippen LogP) is 5.79. The zero-order valence-corrected chi connectivity index (χ0v) is 22.3. The summed E-state index contributed by atoms with van der Waals surface area (Å²) >= 11 is 6.04. The van der Waals surface area contributed by atoms with Crippen molar-refractivity contribution in [2.24, 2.45) is 5.92 Å². The number of pyridine rings is 1. The summed E-state index contributed by atoms with van der Waals surface area (Å²) in [4.78, 5) is 34.9. The molecular weight excluding hydrogens is 514 g/mol. The van der Waals surface area contributed by atoms with Gasteiger partial charge in [0.1, 0.15) is 6.26 Å². The van der Waals surface area contributed by atoms with Crippen LogP contribution in [0.4, 0.5) is 0 Å². The van der Waals surface area contributed by atoms with Gasteiger partial charge in [-0.05, 0) is 81.0 Å². The highest BCUT2D eigenvalue weighted by atomic mass is 35.5. The molecular formula is C30H28ClN5O3. The van der Waals surface area contributed by atoms with E-state index in [1.165, 1.54) is 0 Å². The summed E-state index contributed by atoms with van der Waals surface area (Å²) in [5, 5.41) is 3.60. The second-order valence-electron chi connectivity index (χ2n) is 10.1. The molecule has 0 unspecified atom stereocenters. The number of nitrogens with zero attached hydrogens (tertiary/aromatic N) is 4. The van der Waals surface area contributed by atoms with Gasteiger partial charge < -0.3 is 9.73 Å². The number of amides is 1. The van der Waals surface area contributed by atoms with Gasteiger partial charge in [-0.1, -0.05) is 23.7 Å². The summed E-state index contributed by atoms with van der Waals surface area (Å²) in [7, 11) is 0. The maximum Gasteiger partial charge on any atom is 0.333 e. The average molecular weight is 542 g/mol. The van der Waals surface area contributed by atoms with Crippen molar-refractivity contribution in [3.63, 3.8) is 0 Å². The lowest BCUT2D eigenvalue weighted by molar-refractivity contribution is 0.0919. The Bertz CT molecular complexity index is 1680. The largest absolute Gasteiger partial charge is 0.445 e. The summed E-state index contributed by atoms with van der Waals surface area (Å²) in [6.45, 7) is 2.44. The number of carbonyl (C=O) groups excluding carboxylic acids is 1. The van der Waals surface area contributed by atoms with Gasteiger partial charge in [0.05, 0.1) is 39.2 Å². The average Bonchev–Trinajstić information content (AvgIpc) is 3.58. The number of nitrogens with one attached hydrogen (secondary N) is 1. The minimum Gasteiger partial charge on any atom is -0.445 e. The SMILES string of the molecule is Cc1ncc(Cl)cc1C(=O)NC1CCC(Cn2c(=O)n(-c3ccc(-c4ncco4)cc3)c3ccccc32)CC1. The Morgan fingerprint density at radius 3 is 2.51 bits per heavy atom. The Kier molecular flexibility index (Phi) is 6.79. The molecule has 9 heteroatoms.